The fraction of sp³-hybridized carbons (Fsp3) is 0.632. The van der Waals surface area contributed by atoms with Gasteiger partial charge in [0.25, 0.3) is 5.91 Å². The summed E-state index contributed by atoms with van der Waals surface area (Å²) in [5.74, 6) is 2.42. The second kappa shape index (κ2) is 6.21. The topological polar surface area (TPSA) is 38.3 Å². The van der Waals surface area contributed by atoms with Crippen molar-refractivity contribution in [3.63, 3.8) is 0 Å². The zero-order chi connectivity index (χ0) is 16.7. The molecule has 4 saturated carbocycles. The van der Waals surface area contributed by atoms with Gasteiger partial charge in [0.2, 0.25) is 0 Å². The molecule has 0 spiro atoms. The Balaban J connectivity index is 1.29. The van der Waals surface area contributed by atoms with E-state index in [1.54, 1.807) is 0 Å². The van der Waals surface area contributed by atoms with E-state index in [0.29, 0.717) is 11.2 Å². The van der Waals surface area contributed by atoms with E-state index < -0.39 is 5.82 Å². The Labute approximate surface area is 146 Å². The van der Waals surface area contributed by atoms with Crippen molar-refractivity contribution in [2.45, 2.75) is 38.5 Å². The summed E-state index contributed by atoms with van der Waals surface area (Å²) in [6, 6.07) is 3.91. The molecule has 4 fully saturated rings. The highest BCUT2D eigenvalue weighted by Gasteiger charge is 2.50. The molecule has 1 amide bonds. The Morgan fingerprint density at radius 3 is 2.42 bits per heavy atom. The molecule has 0 atom stereocenters. The Hall–Kier alpha value is -1.29. The van der Waals surface area contributed by atoms with Gasteiger partial charge in [-0.2, -0.15) is 0 Å². The lowest BCUT2D eigenvalue weighted by Gasteiger charge is -2.56. The molecule has 5 rings (SSSR count). The molecule has 4 aliphatic carbocycles. The van der Waals surface area contributed by atoms with Gasteiger partial charge in [0, 0.05) is 6.54 Å². The van der Waals surface area contributed by atoms with Crippen LogP contribution in [0.4, 0.5) is 4.39 Å². The average Bonchev–Trinajstić information content (AvgIpc) is 2.51. The highest BCUT2D eigenvalue weighted by Crippen LogP contribution is 2.59. The zero-order valence-electron chi connectivity index (χ0n) is 13.7. The Morgan fingerprint density at radius 1 is 1.21 bits per heavy atom. The van der Waals surface area contributed by atoms with E-state index in [9.17, 15) is 9.18 Å². The van der Waals surface area contributed by atoms with Gasteiger partial charge in [-0.1, -0.05) is 11.6 Å². The number of nitrogens with one attached hydrogen (secondary N) is 1. The summed E-state index contributed by atoms with van der Waals surface area (Å²) in [4.78, 5) is 12.1. The van der Waals surface area contributed by atoms with Crippen LogP contribution in [0.25, 0.3) is 0 Å². The normalized spacial score (nSPS) is 33.5. The van der Waals surface area contributed by atoms with E-state index >= 15 is 0 Å². The SMILES string of the molecule is O=C(COc1ccc(F)cc1Cl)NCC12CC3CC(CC(C3)C1)C2. The maximum atomic E-state index is 13.0. The smallest absolute Gasteiger partial charge is 0.257 e. The fourth-order valence-corrected chi connectivity index (χ4v) is 5.80. The molecular weight excluding hydrogens is 329 g/mol. The van der Waals surface area contributed by atoms with E-state index in [2.05, 4.69) is 5.32 Å². The third kappa shape index (κ3) is 3.26. The molecule has 1 aromatic rings. The van der Waals surface area contributed by atoms with Crippen LogP contribution in [0.1, 0.15) is 38.5 Å². The monoisotopic (exact) mass is 351 g/mol. The van der Waals surface area contributed by atoms with Crippen molar-refractivity contribution in [2.75, 3.05) is 13.2 Å². The fourth-order valence-electron chi connectivity index (χ4n) is 5.58. The van der Waals surface area contributed by atoms with Crippen LogP contribution in [-0.4, -0.2) is 19.1 Å². The molecular formula is C19H23ClFNO2. The number of hydrogen-bond donors (Lipinski definition) is 1. The number of hydrogen-bond acceptors (Lipinski definition) is 2. The van der Waals surface area contributed by atoms with Crippen LogP contribution in [0.15, 0.2) is 18.2 Å². The summed E-state index contributed by atoms with van der Waals surface area (Å²) >= 11 is 5.90. The van der Waals surface area contributed by atoms with E-state index in [-0.39, 0.29) is 17.5 Å². The van der Waals surface area contributed by atoms with Crippen LogP contribution >= 0.6 is 11.6 Å². The average molecular weight is 352 g/mol. The van der Waals surface area contributed by atoms with Gasteiger partial charge in [-0.3, -0.25) is 4.79 Å². The quantitative estimate of drug-likeness (QED) is 0.863. The summed E-state index contributed by atoms with van der Waals surface area (Å²) < 4.78 is 18.4. The van der Waals surface area contributed by atoms with Gasteiger partial charge in [0.05, 0.1) is 5.02 Å². The first-order valence-corrected chi connectivity index (χ1v) is 9.24. The molecule has 0 unspecified atom stereocenters. The minimum absolute atomic E-state index is 0.0856. The molecule has 5 heteroatoms. The van der Waals surface area contributed by atoms with Gasteiger partial charge in [-0.05, 0) is 79.9 Å². The largest absolute Gasteiger partial charge is 0.482 e. The molecule has 4 bridgehead atoms. The van der Waals surface area contributed by atoms with Gasteiger partial charge < -0.3 is 10.1 Å². The lowest BCUT2D eigenvalue weighted by molar-refractivity contribution is -0.125. The molecule has 1 aromatic carbocycles. The van der Waals surface area contributed by atoms with E-state index in [0.717, 1.165) is 24.3 Å². The van der Waals surface area contributed by atoms with Crippen molar-refractivity contribution in [3.05, 3.63) is 29.0 Å². The summed E-state index contributed by atoms with van der Waals surface area (Å²) in [5.41, 5.74) is 0.317. The molecule has 3 nitrogen and oxygen atoms in total. The molecule has 0 heterocycles. The number of amides is 1. The lowest BCUT2D eigenvalue weighted by Crippen LogP contribution is -2.51. The van der Waals surface area contributed by atoms with Crippen molar-refractivity contribution in [3.8, 4) is 5.75 Å². The number of ether oxygens (including phenoxy) is 1. The van der Waals surface area contributed by atoms with Gasteiger partial charge in [0.15, 0.2) is 6.61 Å². The number of carbonyl (C=O) groups is 1. The maximum absolute atomic E-state index is 13.0. The van der Waals surface area contributed by atoms with Crippen LogP contribution in [0, 0.1) is 29.0 Å². The summed E-state index contributed by atoms with van der Waals surface area (Å²) in [6.07, 6.45) is 8.01. The number of rotatable bonds is 5. The van der Waals surface area contributed by atoms with E-state index in [1.807, 2.05) is 0 Å². The highest BCUT2D eigenvalue weighted by molar-refractivity contribution is 6.32. The van der Waals surface area contributed by atoms with Gasteiger partial charge in [-0.25, -0.2) is 4.39 Å². The predicted octanol–water partition coefficient (Wildman–Crippen LogP) is 4.19. The first-order chi connectivity index (χ1) is 11.5. The molecule has 24 heavy (non-hydrogen) atoms. The van der Waals surface area contributed by atoms with Crippen LogP contribution < -0.4 is 10.1 Å². The maximum Gasteiger partial charge on any atom is 0.257 e. The number of carbonyl (C=O) groups excluding carboxylic acids is 1. The molecule has 0 radical (unpaired) electrons. The molecule has 130 valence electrons. The van der Waals surface area contributed by atoms with Gasteiger partial charge in [-0.15, -0.1) is 0 Å². The van der Waals surface area contributed by atoms with E-state index in [4.69, 9.17) is 16.3 Å². The van der Waals surface area contributed by atoms with Crippen molar-refractivity contribution < 1.29 is 13.9 Å². The lowest BCUT2D eigenvalue weighted by atomic mass is 9.49. The van der Waals surface area contributed by atoms with Crippen LogP contribution in [0.5, 0.6) is 5.75 Å². The Morgan fingerprint density at radius 2 is 1.83 bits per heavy atom. The zero-order valence-corrected chi connectivity index (χ0v) is 14.4. The van der Waals surface area contributed by atoms with Crippen molar-refractivity contribution >= 4 is 17.5 Å². The Kier molecular flexibility index (Phi) is 4.19. The van der Waals surface area contributed by atoms with Crippen molar-refractivity contribution in [2.24, 2.45) is 23.2 Å². The molecule has 1 N–H and O–H groups in total. The van der Waals surface area contributed by atoms with Crippen molar-refractivity contribution in [1.29, 1.82) is 0 Å². The van der Waals surface area contributed by atoms with E-state index in [1.165, 1.54) is 56.7 Å². The summed E-state index contributed by atoms with van der Waals surface area (Å²) in [7, 11) is 0. The van der Waals surface area contributed by atoms with Crippen LogP contribution in [-0.2, 0) is 4.79 Å². The molecule has 0 aliphatic heterocycles. The Bertz CT molecular complexity index is 613. The molecule has 0 aromatic heterocycles. The van der Waals surface area contributed by atoms with Gasteiger partial charge >= 0.3 is 0 Å². The summed E-state index contributed by atoms with van der Waals surface area (Å²) in [6.45, 7) is 0.674. The number of benzene rings is 1. The van der Waals surface area contributed by atoms with Crippen molar-refractivity contribution in [1.82, 2.24) is 5.32 Å². The van der Waals surface area contributed by atoms with Gasteiger partial charge in [0.1, 0.15) is 11.6 Å². The minimum Gasteiger partial charge on any atom is -0.482 e. The second-order valence-electron chi connectivity index (χ2n) is 8.06. The predicted molar refractivity (Wildman–Crippen MR) is 90.5 cm³/mol. The highest BCUT2D eigenvalue weighted by atomic mass is 35.5. The third-order valence-corrected chi connectivity index (χ3v) is 6.37. The standard InChI is InChI=1S/C19H23ClFNO2/c20-16-6-15(21)1-2-17(16)24-10-18(23)22-11-19-7-12-3-13(8-19)5-14(4-12)9-19/h1-2,6,12-14H,3-5,7-11H2,(H,22,23). The summed E-state index contributed by atoms with van der Waals surface area (Å²) in [5, 5.41) is 3.24. The third-order valence-electron chi connectivity index (χ3n) is 6.08. The number of halogens is 2. The van der Waals surface area contributed by atoms with Crippen LogP contribution in [0.2, 0.25) is 5.02 Å². The first-order valence-electron chi connectivity index (χ1n) is 8.86. The second-order valence-corrected chi connectivity index (χ2v) is 8.46. The molecule has 4 aliphatic rings. The molecule has 0 saturated heterocycles. The first kappa shape index (κ1) is 16.2. The minimum atomic E-state index is -0.418. The van der Waals surface area contributed by atoms with Crippen LogP contribution in [0.3, 0.4) is 0 Å².